The van der Waals surface area contributed by atoms with Gasteiger partial charge in [0.05, 0.1) is 0 Å². The molecule has 6 nitrogen and oxygen atoms in total. The van der Waals surface area contributed by atoms with Gasteiger partial charge in [-0.05, 0) is 24.0 Å². The summed E-state index contributed by atoms with van der Waals surface area (Å²) in [6.07, 6.45) is -1.27. The molecule has 0 atom stereocenters. The summed E-state index contributed by atoms with van der Waals surface area (Å²) in [5.74, 6) is 1.89. The van der Waals surface area contributed by atoms with E-state index in [2.05, 4.69) is 25.1 Å². The van der Waals surface area contributed by atoms with Crippen molar-refractivity contribution in [2.24, 2.45) is 7.05 Å². The number of hydrogen-bond acceptors (Lipinski definition) is 6. The Morgan fingerprint density at radius 2 is 1.83 bits per heavy atom. The number of nitrogens with zero attached hydrogens (tertiary/aromatic N) is 6. The zero-order valence-electron chi connectivity index (χ0n) is 15.5. The summed E-state index contributed by atoms with van der Waals surface area (Å²) in [7, 11) is 1.71. The smallest absolute Gasteiger partial charge is 0.310 e. The van der Waals surface area contributed by atoms with E-state index in [1.807, 2.05) is 25.1 Å². The molecule has 0 N–H and O–H groups in total. The Morgan fingerprint density at radius 1 is 1.07 bits per heavy atom. The van der Waals surface area contributed by atoms with Gasteiger partial charge in [0, 0.05) is 41.5 Å². The molecule has 4 rings (SSSR count). The number of imidazole rings is 1. The van der Waals surface area contributed by atoms with Crippen LogP contribution in [0.1, 0.15) is 12.6 Å². The lowest BCUT2D eigenvalue weighted by atomic mass is 10.1. The fourth-order valence-electron chi connectivity index (χ4n) is 2.94. The molecule has 3 heterocycles. The summed E-state index contributed by atoms with van der Waals surface area (Å²) >= 11 is 1.62. The second-order valence-electron chi connectivity index (χ2n) is 6.15. The first kappa shape index (κ1) is 19.3. The molecule has 0 fully saturated rings. The third-order valence-electron chi connectivity index (χ3n) is 4.25. The molecule has 0 radical (unpaired) electrons. The van der Waals surface area contributed by atoms with E-state index >= 15 is 0 Å². The third kappa shape index (κ3) is 3.67. The van der Waals surface area contributed by atoms with Crippen LogP contribution in [-0.2, 0) is 13.2 Å². The summed E-state index contributed by atoms with van der Waals surface area (Å²) in [6, 6.07) is 8.41. The Hall–Kier alpha value is -3.01. The van der Waals surface area contributed by atoms with Crippen molar-refractivity contribution >= 4 is 22.9 Å². The first-order valence-corrected chi connectivity index (χ1v) is 9.69. The van der Waals surface area contributed by atoms with Crippen LogP contribution in [0.5, 0.6) is 0 Å². The van der Waals surface area contributed by atoms with E-state index in [9.17, 15) is 13.2 Å². The van der Waals surface area contributed by atoms with E-state index in [0.717, 1.165) is 27.8 Å². The molecule has 0 saturated carbocycles. The monoisotopic (exact) mass is 416 g/mol. The van der Waals surface area contributed by atoms with Gasteiger partial charge in [0.1, 0.15) is 11.3 Å². The van der Waals surface area contributed by atoms with Crippen LogP contribution in [0.2, 0.25) is 0 Å². The maximum absolute atomic E-state index is 13.0. The average molecular weight is 416 g/mol. The van der Waals surface area contributed by atoms with Crippen molar-refractivity contribution in [3.8, 4) is 22.8 Å². The van der Waals surface area contributed by atoms with Gasteiger partial charge in [0.2, 0.25) is 0 Å². The molecule has 0 spiro atoms. The molecule has 148 valence electrons. The number of hydrogen-bond donors (Lipinski definition) is 0. The van der Waals surface area contributed by atoms with Crippen molar-refractivity contribution in [1.82, 2.24) is 29.7 Å². The minimum Gasteiger partial charge on any atom is -0.310 e. The largest absolute Gasteiger partial charge is 0.435 e. The molecule has 0 aliphatic heterocycles. The molecule has 29 heavy (non-hydrogen) atoms. The lowest BCUT2D eigenvalue weighted by Gasteiger charge is -2.10. The van der Waals surface area contributed by atoms with Crippen LogP contribution in [0.25, 0.3) is 33.9 Å². The average Bonchev–Trinajstić information content (AvgIpc) is 3.04. The molecule has 0 aliphatic carbocycles. The lowest BCUT2D eigenvalue weighted by Crippen LogP contribution is -2.09. The van der Waals surface area contributed by atoms with Crippen molar-refractivity contribution in [3.05, 3.63) is 48.4 Å². The number of alkyl halides is 3. The minimum atomic E-state index is -4.58. The molecular formula is C19H15F3N6S. The Morgan fingerprint density at radius 3 is 2.52 bits per heavy atom. The standard InChI is InChI=1S/C19H15F3N6S/c1-3-29-14-6-5-11(16-23-7-4-8-24-16)9-12(14)17-25-13-10-15(19(20,21)22)26-27-18(13)28(17)2/h4-10H,3H2,1-2H3. The van der Waals surface area contributed by atoms with Gasteiger partial charge in [-0.2, -0.15) is 13.2 Å². The number of fused-ring (bicyclic) bond motifs is 1. The first-order valence-electron chi connectivity index (χ1n) is 8.70. The Bertz CT molecular complexity index is 1170. The molecule has 0 saturated heterocycles. The molecule has 0 bridgehead atoms. The van der Waals surface area contributed by atoms with E-state index in [0.29, 0.717) is 11.6 Å². The molecule has 0 amide bonds. The van der Waals surface area contributed by atoms with Gasteiger partial charge in [0.25, 0.3) is 0 Å². The molecule has 10 heteroatoms. The minimum absolute atomic E-state index is 0.138. The Balaban J connectivity index is 1.90. The Kier molecular flexibility index (Phi) is 4.95. The summed E-state index contributed by atoms with van der Waals surface area (Å²) in [6.45, 7) is 2.03. The van der Waals surface area contributed by atoms with Crippen LogP contribution >= 0.6 is 11.8 Å². The summed E-state index contributed by atoms with van der Waals surface area (Å²) in [5.41, 5.74) is 0.913. The number of rotatable bonds is 4. The zero-order valence-corrected chi connectivity index (χ0v) is 16.3. The molecule has 3 aromatic heterocycles. The maximum atomic E-state index is 13.0. The van der Waals surface area contributed by atoms with E-state index in [1.54, 1.807) is 41.8 Å². The topological polar surface area (TPSA) is 69.4 Å². The van der Waals surface area contributed by atoms with Crippen LogP contribution in [0.4, 0.5) is 13.2 Å². The van der Waals surface area contributed by atoms with Gasteiger partial charge in [-0.3, -0.25) is 0 Å². The van der Waals surface area contributed by atoms with Crippen molar-refractivity contribution in [1.29, 1.82) is 0 Å². The van der Waals surface area contributed by atoms with Crippen molar-refractivity contribution in [3.63, 3.8) is 0 Å². The highest BCUT2D eigenvalue weighted by Gasteiger charge is 2.34. The molecule has 4 aromatic rings. The summed E-state index contributed by atoms with van der Waals surface area (Å²) in [5, 5.41) is 7.06. The zero-order chi connectivity index (χ0) is 20.6. The summed E-state index contributed by atoms with van der Waals surface area (Å²) < 4.78 is 40.6. The fraction of sp³-hybridized carbons (Fsp3) is 0.211. The van der Waals surface area contributed by atoms with Crippen LogP contribution in [-0.4, -0.2) is 35.5 Å². The van der Waals surface area contributed by atoms with Gasteiger partial charge in [-0.15, -0.1) is 22.0 Å². The maximum Gasteiger partial charge on any atom is 0.435 e. The number of benzene rings is 1. The fourth-order valence-corrected chi connectivity index (χ4v) is 3.72. The van der Waals surface area contributed by atoms with E-state index in [1.165, 1.54) is 0 Å². The number of aryl methyl sites for hydroxylation is 1. The molecular weight excluding hydrogens is 401 g/mol. The van der Waals surface area contributed by atoms with Gasteiger partial charge in [-0.1, -0.05) is 13.0 Å². The van der Waals surface area contributed by atoms with Gasteiger partial charge >= 0.3 is 6.18 Å². The van der Waals surface area contributed by atoms with Crippen molar-refractivity contribution < 1.29 is 13.2 Å². The van der Waals surface area contributed by atoms with Crippen molar-refractivity contribution in [2.45, 2.75) is 18.0 Å². The van der Waals surface area contributed by atoms with Gasteiger partial charge < -0.3 is 4.57 Å². The first-order chi connectivity index (χ1) is 13.9. The highest BCUT2D eigenvalue weighted by Crippen LogP contribution is 2.35. The van der Waals surface area contributed by atoms with Crippen molar-refractivity contribution in [2.75, 3.05) is 5.75 Å². The second kappa shape index (κ2) is 7.43. The van der Waals surface area contributed by atoms with Crippen LogP contribution in [0.3, 0.4) is 0 Å². The van der Waals surface area contributed by atoms with Crippen LogP contribution in [0.15, 0.2) is 47.6 Å². The summed E-state index contributed by atoms with van der Waals surface area (Å²) in [4.78, 5) is 13.9. The molecule has 0 aliphatic rings. The number of thioether (sulfide) groups is 1. The highest BCUT2D eigenvalue weighted by atomic mass is 32.2. The molecule has 1 aromatic carbocycles. The van der Waals surface area contributed by atoms with E-state index < -0.39 is 11.9 Å². The van der Waals surface area contributed by atoms with Crippen LogP contribution < -0.4 is 0 Å². The quantitative estimate of drug-likeness (QED) is 0.452. The third-order valence-corrected chi connectivity index (χ3v) is 5.21. The molecule has 0 unspecified atom stereocenters. The van der Waals surface area contributed by atoms with Crippen LogP contribution in [0, 0.1) is 0 Å². The lowest BCUT2D eigenvalue weighted by molar-refractivity contribution is -0.141. The van der Waals surface area contributed by atoms with E-state index in [4.69, 9.17) is 0 Å². The number of aromatic nitrogens is 6. The van der Waals surface area contributed by atoms with Gasteiger partial charge in [-0.25, -0.2) is 15.0 Å². The van der Waals surface area contributed by atoms with Gasteiger partial charge in [0.15, 0.2) is 17.2 Å². The highest BCUT2D eigenvalue weighted by molar-refractivity contribution is 7.99. The van der Waals surface area contributed by atoms with E-state index in [-0.39, 0.29) is 11.2 Å². The Labute approximate surface area is 168 Å². The second-order valence-corrected chi connectivity index (χ2v) is 7.45. The SMILES string of the molecule is CCSc1ccc(-c2ncccn2)cc1-c1nc2cc(C(F)(F)F)nnc2n1C. The normalized spacial score (nSPS) is 11.9. The number of halogens is 3. The predicted molar refractivity (Wildman–Crippen MR) is 104 cm³/mol. The predicted octanol–water partition coefficient (Wildman–Crippen LogP) is 4.62.